The number of nitrogens with zero attached hydrogens (tertiary/aromatic N) is 1. The van der Waals surface area contributed by atoms with Gasteiger partial charge in [-0.1, -0.05) is 20.8 Å². The van der Waals surface area contributed by atoms with Crippen molar-refractivity contribution in [3.63, 3.8) is 0 Å². The van der Waals surface area contributed by atoms with E-state index < -0.39 is 17.3 Å². The average molecular weight is 242 g/mol. The third kappa shape index (κ3) is 4.36. The van der Waals surface area contributed by atoms with Gasteiger partial charge in [-0.25, -0.2) is 0 Å². The van der Waals surface area contributed by atoms with Gasteiger partial charge in [0.25, 0.3) is 0 Å². The van der Waals surface area contributed by atoms with Gasteiger partial charge in [0.05, 0.1) is 0 Å². The molecule has 0 spiro atoms. The third-order valence-corrected chi connectivity index (χ3v) is 3.21. The molecule has 0 aliphatic rings. The summed E-state index contributed by atoms with van der Waals surface area (Å²) in [6.07, 6.45) is 0.832. The summed E-state index contributed by atoms with van der Waals surface area (Å²) in [4.78, 5) is 24.9. The number of carboxylic acid groups (broad SMARTS) is 1. The molecule has 0 fully saturated rings. The van der Waals surface area contributed by atoms with Crippen molar-refractivity contribution < 1.29 is 14.7 Å². The Kier molecular flexibility index (Phi) is 6.21. The fourth-order valence-corrected chi connectivity index (χ4v) is 2.04. The number of carbonyl (C=O) groups excluding carboxylic acids is 2. The number of hydrogen-bond donors (Lipinski definition) is 0. The summed E-state index contributed by atoms with van der Waals surface area (Å²) in [5, 5.41) is 10.9. The van der Waals surface area contributed by atoms with E-state index in [2.05, 4.69) is 0 Å². The fourth-order valence-electron chi connectivity index (χ4n) is 2.04. The molecule has 17 heavy (non-hydrogen) atoms. The maximum absolute atomic E-state index is 12.2. The second-order valence-corrected chi connectivity index (χ2v) is 4.99. The first-order valence-corrected chi connectivity index (χ1v) is 6.30. The molecule has 0 aromatic heterocycles. The van der Waals surface area contributed by atoms with Gasteiger partial charge in [0, 0.05) is 24.5 Å². The molecule has 100 valence electrons. The second kappa shape index (κ2) is 6.62. The van der Waals surface area contributed by atoms with E-state index in [0.717, 1.165) is 0 Å². The molecule has 0 rings (SSSR count). The molecule has 4 heteroatoms. The quantitative estimate of drug-likeness (QED) is 0.670. The van der Waals surface area contributed by atoms with Crippen molar-refractivity contribution in [1.82, 2.24) is 4.90 Å². The highest BCUT2D eigenvalue weighted by Crippen LogP contribution is 2.29. The van der Waals surface area contributed by atoms with Gasteiger partial charge in [-0.3, -0.25) is 4.79 Å². The average Bonchev–Trinajstić information content (AvgIpc) is 2.27. The Morgan fingerprint density at radius 2 is 1.65 bits per heavy atom. The summed E-state index contributed by atoms with van der Waals surface area (Å²) in [6, 6.07) is 0. The maximum atomic E-state index is 12.2. The van der Waals surface area contributed by atoms with Crippen LogP contribution < -0.4 is 5.11 Å². The zero-order chi connectivity index (χ0) is 13.6. The zero-order valence-corrected chi connectivity index (χ0v) is 11.6. The van der Waals surface area contributed by atoms with E-state index in [1.54, 1.807) is 25.7 Å². The molecule has 1 amide bonds. The van der Waals surface area contributed by atoms with E-state index >= 15 is 0 Å². The second-order valence-electron chi connectivity index (χ2n) is 4.99. The summed E-state index contributed by atoms with van der Waals surface area (Å²) in [5.74, 6) is -1.60. The van der Waals surface area contributed by atoms with Crippen LogP contribution in [0.2, 0.25) is 0 Å². The maximum Gasteiger partial charge on any atom is 0.228 e. The van der Waals surface area contributed by atoms with E-state index in [9.17, 15) is 14.7 Å². The Balaban J connectivity index is 4.76. The first-order valence-electron chi connectivity index (χ1n) is 6.30. The molecule has 0 heterocycles. The van der Waals surface area contributed by atoms with Gasteiger partial charge in [0.2, 0.25) is 5.91 Å². The summed E-state index contributed by atoms with van der Waals surface area (Å²) in [6.45, 7) is 10.6. The Labute approximate surface area is 104 Å². The molecule has 0 N–H and O–H groups in total. The van der Waals surface area contributed by atoms with Gasteiger partial charge in [-0.05, 0) is 32.6 Å². The predicted octanol–water partition coefficient (Wildman–Crippen LogP) is 1.05. The van der Waals surface area contributed by atoms with E-state index in [1.165, 1.54) is 0 Å². The minimum atomic E-state index is -1.06. The number of aliphatic carboxylic acids is 1. The van der Waals surface area contributed by atoms with Crippen LogP contribution >= 0.6 is 0 Å². The number of carbonyl (C=O) groups is 2. The molecule has 0 radical (unpaired) electrons. The van der Waals surface area contributed by atoms with Gasteiger partial charge in [0.1, 0.15) is 0 Å². The smallest absolute Gasteiger partial charge is 0.228 e. The van der Waals surface area contributed by atoms with Gasteiger partial charge in [-0.15, -0.1) is 0 Å². The number of hydrogen-bond acceptors (Lipinski definition) is 3. The van der Waals surface area contributed by atoms with Gasteiger partial charge in [0.15, 0.2) is 0 Å². The van der Waals surface area contributed by atoms with Crippen LogP contribution in [0.1, 0.15) is 47.5 Å². The summed E-state index contributed by atoms with van der Waals surface area (Å²) in [5.41, 5.74) is -0.646. The summed E-state index contributed by atoms with van der Waals surface area (Å²) < 4.78 is 0. The summed E-state index contributed by atoms with van der Waals surface area (Å²) in [7, 11) is 0. The van der Waals surface area contributed by atoms with Gasteiger partial charge < -0.3 is 14.8 Å². The van der Waals surface area contributed by atoms with E-state index in [0.29, 0.717) is 25.9 Å². The van der Waals surface area contributed by atoms with E-state index in [1.807, 2.05) is 13.8 Å². The first kappa shape index (κ1) is 15.9. The van der Waals surface area contributed by atoms with Crippen LogP contribution in [0.3, 0.4) is 0 Å². The Morgan fingerprint density at radius 3 is 1.94 bits per heavy atom. The van der Waals surface area contributed by atoms with Crippen molar-refractivity contribution in [2.75, 3.05) is 13.1 Å². The molecule has 0 aliphatic heterocycles. The van der Waals surface area contributed by atoms with Crippen molar-refractivity contribution >= 4 is 11.9 Å². The molecule has 4 nitrogen and oxygen atoms in total. The van der Waals surface area contributed by atoms with Crippen LogP contribution in [0.4, 0.5) is 0 Å². The number of amides is 1. The van der Waals surface area contributed by atoms with Gasteiger partial charge >= 0.3 is 0 Å². The highest BCUT2D eigenvalue weighted by atomic mass is 16.4. The third-order valence-electron chi connectivity index (χ3n) is 3.21. The van der Waals surface area contributed by atoms with Crippen molar-refractivity contribution in [2.45, 2.75) is 47.5 Å². The fraction of sp³-hybridized carbons (Fsp3) is 0.846. The first-order chi connectivity index (χ1) is 7.80. The van der Waals surface area contributed by atoms with Crippen molar-refractivity contribution in [3.05, 3.63) is 0 Å². The largest absolute Gasteiger partial charge is 0.550 e. The molecule has 1 atom stereocenters. The normalized spacial score (nSPS) is 13.2. The van der Waals surface area contributed by atoms with Crippen molar-refractivity contribution in [1.29, 1.82) is 0 Å². The molecule has 1 unspecified atom stereocenters. The SMILES string of the molecule is CCC(CC(C)(C)C(=O)N(CC)CC)C(=O)[O-]. The van der Waals surface area contributed by atoms with Crippen LogP contribution in [0.15, 0.2) is 0 Å². The van der Waals surface area contributed by atoms with Crippen LogP contribution in [-0.4, -0.2) is 29.9 Å². The molecule has 0 aromatic carbocycles. The molecule has 0 aliphatic carbocycles. The summed E-state index contributed by atoms with van der Waals surface area (Å²) >= 11 is 0. The van der Waals surface area contributed by atoms with E-state index in [-0.39, 0.29) is 5.91 Å². The van der Waals surface area contributed by atoms with Crippen LogP contribution in [0.25, 0.3) is 0 Å². The minimum absolute atomic E-state index is 0.0159. The lowest BCUT2D eigenvalue weighted by molar-refractivity contribution is -0.312. The van der Waals surface area contributed by atoms with Crippen LogP contribution in [-0.2, 0) is 9.59 Å². The molecular weight excluding hydrogens is 218 g/mol. The molecular formula is C13H24NO3-. The number of rotatable bonds is 7. The van der Waals surface area contributed by atoms with Crippen molar-refractivity contribution in [3.8, 4) is 0 Å². The lowest BCUT2D eigenvalue weighted by atomic mass is 9.80. The Morgan fingerprint density at radius 1 is 1.18 bits per heavy atom. The van der Waals surface area contributed by atoms with Crippen molar-refractivity contribution in [2.24, 2.45) is 11.3 Å². The molecule has 0 bridgehead atoms. The lowest BCUT2D eigenvalue weighted by Crippen LogP contribution is -2.43. The highest BCUT2D eigenvalue weighted by molar-refractivity contribution is 5.82. The molecule has 0 saturated carbocycles. The zero-order valence-electron chi connectivity index (χ0n) is 11.6. The van der Waals surface area contributed by atoms with E-state index in [4.69, 9.17) is 0 Å². The Bertz CT molecular complexity index is 270. The monoisotopic (exact) mass is 242 g/mol. The Hall–Kier alpha value is -1.06. The highest BCUT2D eigenvalue weighted by Gasteiger charge is 2.33. The van der Waals surface area contributed by atoms with Crippen LogP contribution in [0, 0.1) is 11.3 Å². The predicted molar refractivity (Wildman–Crippen MR) is 65.1 cm³/mol. The number of carboxylic acids is 1. The van der Waals surface area contributed by atoms with Gasteiger partial charge in [-0.2, -0.15) is 0 Å². The standard InChI is InChI=1S/C13H25NO3/c1-6-10(11(15)16)9-13(4,5)12(17)14(7-2)8-3/h10H,6-9H2,1-5H3,(H,15,16)/p-1. The minimum Gasteiger partial charge on any atom is -0.550 e. The molecule has 0 aromatic rings. The topological polar surface area (TPSA) is 60.4 Å². The molecule has 0 saturated heterocycles. The van der Waals surface area contributed by atoms with Crippen LogP contribution in [0.5, 0.6) is 0 Å². The lowest BCUT2D eigenvalue weighted by Gasteiger charge is -2.33.